The van der Waals surface area contributed by atoms with Crippen LogP contribution in [0.3, 0.4) is 0 Å². The first-order chi connectivity index (χ1) is 7.14. The molecule has 0 aromatic carbocycles. The van der Waals surface area contributed by atoms with Crippen LogP contribution in [0, 0.1) is 5.92 Å². The van der Waals surface area contributed by atoms with Gasteiger partial charge < -0.3 is 9.47 Å². The summed E-state index contributed by atoms with van der Waals surface area (Å²) in [6.45, 7) is 5.49. The number of alkyl halides is 3. The van der Waals surface area contributed by atoms with Gasteiger partial charge in [0.05, 0.1) is 18.6 Å². The smallest absolute Gasteiger partial charge is 0.427 e. The summed E-state index contributed by atoms with van der Waals surface area (Å²) in [5, 5.41) is 0. The van der Waals surface area contributed by atoms with Crippen molar-refractivity contribution in [2.24, 2.45) is 5.92 Å². The van der Waals surface area contributed by atoms with Gasteiger partial charge in [0.2, 0.25) is 6.10 Å². The van der Waals surface area contributed by atoms with Crippen molar-refractivity contribution in [3.05, 3.63) is 0 Å². The maximum absolute atomic E-state index is 12.4. The van der Waals surface area contributed by atoms with Crippen molar-refractivity contribution in [1.82, 2.24) is 0 Å². The molecule has 0 aromatic heterocycles. The largest absolute Gasteiger partial charge is 0.450 e. The predicted octanol–water partition coefficient (Wildman–Crippen LogP) is 2.54. The average Bonchev–Trinajstić information content (AvgIpc) is 2.09. The van der Waals surface area contributed by atoms with Gasteiger partial charge in [0.25, 0.3) is 0 Å². The lowest BCUT2D eigenvalue weighted by molar-refractivity contribution is -0.235. The number of halogens is 3. The Morgan fingerprint density at radius 2 is 1.69 bits per heavy atom. The zero-order valence-corrected chi connectivity index (χ0v) is 9.80. The van der Waals surface area contributed by atoms with Crippen LogP contribution in [-0.4, -0.2) is 31.0 Å². The van der Waals surface area contributed by atoms with Gasteiger partial charge in [0, 0.05) is 0 Å². The summed E-state index contributed by atoms with van der Waals surface area (Å²) in [6, 6.07) is 0. The molecule has 0 radical (unpaired) electrons. The van der Waals surface area contributed by atoms with Crippen LogP contribution >= 0.6 is 0 Å². The molecule has 0 fully saturated rings. The minimum absolute atomic E-state index is 0.345. The van der Waals surface area contributed by atoms with Gasteiger partial charge in [-0.05, 0) is 13.8 Å². The van der Waals surface area contributed by atoms with Gasteiger partial charge >= 0.3 is 12.1 Å². The fourth-order valence-corrected chi connectivity index (χ4v) is 0.751. The molecular weight excluding hydrogens is 225 g/mol. The molecule has 3 nitrogen and oxygen atoms in total. The van der Waals surface area contributed by atoms with Gasteiger partial charge in [-0.25, -0.2) is 0 Å². The third kappa shape index (κ3) is 5.95. The van der Waals surface area contributed by atoms with Gasteiger partial charge in [0.1, 0.15) is 0 Å². The summed E-state index contributed by atoms with van der Waals surface area (Å²) in [6.07, 6.45) is -7.13. The van der Waals surface area contributed by atoms with E-state index in [2.05, 4.69) is 4.74 Å². The second kappa shape index (κ2) is 6.08. The molecule has 0 aliphatic rings. The summed E-state index contributed by atoms with van der Waals surface area (Å²) in [5.74, 6) is -1.47. The quantitative estimate of drug-likeness (QED) is 0.695. The molecule has 0 N–H and O–H groups in total. The van der Waals surface area contributed by atoms with E-state index in [0.29, 0.717) is 0 Å². The first kappa shape index (κ1) is 15.2. The summed E-state index contributed by atoms with van der Waals surface area (Å²) >= 11 is 0. The van der Waals surface area contributed by atoms with E-state index in [1.54, 1.807) is 13.8 Å². The molecule has 16 heavy (non-hydrogen) atoms. The zero-order chi connectivity index (χ0) is 12.9. The Labute approximate surface area is 92.9 Å². The van der Waals surface area contributed by atoms with E-state index >= 15 is 0 Å². The Bertz CT molecular complexity index is 224. The van der Waals surface area contributed by atoms with E-state index in [1.807, 2.05) is 0 Å². The normalized spacial score (nSPS) is 14.3. The van der Waals surface area contributed by atoms with Crippen molar-refractivity contribution >= 4 is 5.97 Å². The lowest BCUT2D eigenvalue weighted by Crippen LogP contribution is -2.39. The first-order valence-corrected chi connectivity index (χ1v) is 5.03. The zero-order valence-electron chi connectivity index (χ0n) is 9.80. The van der Waals surface area contributed by atoms with Crippen molar-refractivity contribution in [3.63, 3.8) is 0 Å². The molecule has 0 amide bonds. The minimum Gasteiger partial charge on any atom is -0.450 e. The Morgan fingerprint density at radius 1 is 1.19 bits per heavy atom. The average molecular weight is 242 g/mol. The fraction of sp³-hybridized carbons (Fsp3) is 0.900. The number of rotatable bonds is 5. The van der Waals surface area contributed by atoms with Crippen LogP contribution in [0.25, 0.3) is 0 Å². The Morgan fingerprint density at radius 3 is 2.00 bits per heavy atom. The van der Waals surface area contributed by atoms with Crippen LogP contribution in [0.15, 0.2) is 0 Å². The highest BCUT2D eigenvalue weighted by atomic mass is 19.4. The van der Waals surface area contributed by atoms with Crippen LogP contribution < -0.4 is 0 Å². The Kier molecular flexibility index (Phi) is 5.78. The highest BCUT2D eigenvalue weighted by molar-refractivity contribution is 5.71. The van der Waals surface area contributed by atoms with Gasteiger partial charge in [0.15, 0.2) is 0 Å². The van der Waals surface area contributed by atoms with Crippen LogP contribution in [-0.2, 0) is 14.3 Å². The Balaban J connectivity index is 4.39. The molecule has 1 unspecified atom stereocenters. The molecule has 0 aliphatic heterocycles. The fourth-order valence-electron chi connectivity index (χ4n) is 0.751. The third-order valence-corrected chi connectivity index (χ3v) is 1.68. The van der Waals surface area contributed by atoms with Gasteiger partial charge in [-0.3, -0.25) is 4.79 Å². The second-order valence-electron chi connectivity index (χ2n) is 4.00. The second-order valence-corrected chi connectivity index (χ2v) is 4.00. The van der Waals surface area contributed by atoms with Crippen LogP contribution in [0.5, 0.6) is 0 Å². The van der Waals surface area contributed by atoms with E-state index < -0.39 is 30.8 Å². The highest BCUT2D eigenvalue weighted by Crippen LogP contribution is 2.24. The molecule has 0 bridgehead atoms. The van der Waals surface area contributed by atoms with E-state index in [0.717, 1.165) is 0 Å². The molecule has 0 aromatic rings. The summed E-state index contributed by atoms with van der Waals surface area (Å²) in [5.41, 5.74) is 0. The van der Waals surface area contributed by atoms with E-state index in [1.165, 1.54) is 13.8 Å². The third-order valence-electron chi connectivity index (χ3n) is 1.68. The number of carbonyl (C=O) groups is 1. The van der Waals surface area contributed by atoms with Crippen LogP contribution in [0.2, 0.25) is 0 Å². The maximum Gasteiger partial charge on any atom is 0.427 e. The Hall–Kier alpha value is -0.780. The standard InChI is InChI=1S/C10H17F3O3/c1-6(2)9(14)16-8(10(11,12)13)5-15-7(3)4/h6-8H,5H2,1-4H3. The van der Waals surface area contributed by atoms with Crippen molar-refractivity contribution in [1.29, 1.82) is 0 Å². The molecule has 0 spiro atoms. The lowest BCUT2D eigenvalue weighted by atomic mass is 10.2. The van der Waals surface area contributed by atoms with Gasteiger partial charge in [-0.1, -0.05) is 13.8 Å². The molecule has 0 saturated heterocycles. The van der Waals surface area contributed by atoms with Crippen molar-refractivity contribution in [2.45, 2.75) is 46.1 Å². The molecule has 96 valence electrons. The number of hydrogen-bond acceptors (Lipinski definition) is 3. The maximum atomic E-state index is 12.4. The summed E-state index contributed by atoms with van der Waals surface area (Å²) < 4.78 is 46.5. The molecular formula is C10H17F3O3. The predicted molar refractivity (Wildman–Crippen MR) is 51.9 cm³/mol. The number of hydrogen-bond donors (Lipinski definition) is 0. The molecule has 0 heterocycles. The van der Waals surface area contributed by atoms with Crippen LogP contribution in [0.4, 0.5) is 13.2 Å². The monoisotopic (exact) mass is 242 g/mol. The molecule has 0 saturated carbocycles. The number of esters is 1. The van der Waals surface area contributed by atoms with Crippen molar-refractivity contribution in [3.8, 4) is 0 Å². The minimum atomic E-state index is -4.60. The van der Waals surface area contributed by atoms with Gasteiger partial charge in [-0.2, -0.15) is 13.2 Å². The first-order valence-electron chi connectivity index (χ1n) is 5.03. The van der Waals surface area contributed by atoms with E-state index in [-0.39, 0.29) is 6.10 Å². The van der Waals surface area contributed by atoms with Crippen molar-refractivity contribution < 1.29 is 27.4 Å². The SMILES string of the molecule is CC(C)OCC(OC(=O)C(C)C)C(F)(F)F. The highest BCUT2D eigenvalue weighted by Gasteiger charge is 2.43. The van der Waals surface area contributed by atoms with Gasteiger partial charge in [-0.15, -0.1) is 0 Å². The molecule has 1 atom stereocenters. The number of carbonyl (C=O) groups excluding carboxylic acids is 1. The number of ether oxygens (including phenoxy) is 2. The topological polar surface area (TPSA) is 35.5 Å². The van der Waals surface area contributed by atoms with E-state index in [9.17, 15) is 18.0 Å². The lowest BCUT2D eigenvalue weighted by Gasteiger charge is -2.22. The summed E-state index contributed by atoms with van der Waals surface area (Å²) in [4.78, 5) is 11.1. The van der Waals surface area contributed by atoms with E-state index in [4.69, 9.17) is 4.74 Å². The van der Waals surface area contributed by atoms with Crippen molar-refractivity contribution in [2.75, 3.05) is 6.61 Å². The molecule has 6 heteroatoms. The van der Waals surface area contributed by atoms with Crippen LogP contribution in [0.1, 0.15) is 27.7 Å². The molecule has 0 aliphatic carbocycles. The molecule has 0 rings (SSSR count). The summed E-state index contributed by atoms with van der Waals surface area (Å²) in [7, 11) is 0.